The lowest BCUT2D eigenvalue weighted by Gasteiger charge is -2.58. The smallest absolute Gasteiger partial charge is 0.315 e. The van der Waals surface area contributed by atoms with Gasteiger partial charge in [0.05, 0.1) is 24.2 Å². The molecule has 1 saturated heterocycles. The first kappa shape index (κ1) is 30.3. The highest BCUT2D eigenvalue weighted by molar-refractivity contribution is 6.31. The first-order valence-corrected chi connectivity index (χ1v) is 16.1. The lowest BCUT2D eigenvalue weighted by atomic mass is 9.43. The van der Waals surface area contributed by atoms with Gasteiger partial charge in [-0.2, -0.15) is 0 Å². The van der Waals surface area contributed by atoms with E-state index in [0.717, 1.165) is 36.7 Å². The van der Waals surface area contributed by atoms with Crippen LogP contribution in [0.15, 0.2) is 35.9 Å². The van der Waals surface area contributed by atoms with Gasteiger partial charge >= 0.3 is 5.97 Å². The van der Waals surface area contributed by atoms with Crippen molar-refractivity contribution < 1.29 is 28.9 Å². The van der Waals surface area contributed by atoms with Gasteiger partial charge < -0.3 is 24.1 Å². The number of benzene rings is 1. The van der Waals surface area contributed by atoms with Crippen molar-refractivity contribution in [1.29, 1.82) is 0 Å². The molecule has 10 atom stereocenters. The van der Waals surface area contributed by atoms with Gasteiger partial charge in [-0.1, -0.05) is 68.6 Å². The predicted molar refractivity (Wildman–Crippen MR) is 160 cm³/mol. The number of ether oxygens (including phenoxy) is 3. The number of carbonyl (C=O) groups is 2. The highest BCUT2D eigenvalue weighted by atomic mass is 35.5. The molecule has 5 aliphatic rings. The summed E-state index contributed by atoms with van der Waals surface area (Å²) in [4.78, 5) is 29.3. The van der Waals surface area contributed by atoms with Crippen molar-refractivity contribution in [1.82, 2.24) is 4.90 Å². The standard InChI is InChI=1S/C34H46ClNO6/c1-20(2)27-12-24-13-32(18-37)26-11-10-21(3)25(26)14-33(24,34(27,32)31(38)39)19-41-30-17-36(16-29(40-5)22(4)42-30)15-23-8-6-7-9-28(23)35/h6-9,12,18,20-22,24-26,29-30H,10-11,13-17,19H2,1-5H3,(H,38,39)/t21-,22-,24?,25-,26-,29+,30-,32+,33?,34+/m1/s1. The van der Waals surface area contributed by atoms with Crippen molar-refractivity contribution in [2.45, 2.75) is 78.4 Å². The number of carboxylic acids is 1. The summed E-state index contributed by atoms with van der Waals surface area (Å²) < 4.78 is 19.1. The number of allylic oxidation sites excluding steroid dienone is 1. The molecule has 0 radical (unpaired) electrons. The summed E-state index contributed by atoms with van der Waals surface area (Å²) in [7, 11) is 1.70. The molecule has 2 unspecified atom stereocenters. The molecule has 1 aromatic carbocycles. The number of nitrogens with zero attached hydrogens (tertiary/aromatic N) is 1. The van der Waals surface area contributed by atoms with E-state index in [9.17, 15) is 14.7 Å². The highest BCUT2D eigenvalue weighted by Gasteiger charge is 2.84. The molecule has 6 rings (SSSR count). The van der Waals surface area contributed by atoms with Crippen molar-refractivity contribution >= 4 is 23.9 Å². The van der Waals surface area contributed by atoms with E-state index < -0.39 is 28.5 Å². The largest absolute Gasteiger partial charge is 0.481 e. The molecule has 4 fully saturated rings. The van der Waals surface area contributed by atoms with Crippen LogP contribution in [0, 0.1) is 45.8 Å². The molecule has 4 bridgehead atoms. The van der Waals surface area contributed by atoms with Crippen LogP contribution in [0.4, 0.5) is 0 Å². The summed E-state index contributed by atoms with van der Waals surface area (Å²) in [6.07, 6.45) is 5.68. The minimum Gasteiger partial charge on any atom is -0.481 e. The van der Waals surface area contributed by atoms with Crippen LogP contribution < -0.4 is 0 Å². The Labute approximate surface area is 254 Å². The van der Waals surface area contributed by atoms with Crippen molar-refractivity contribution in [2.24, 2.45) is 45.8 Å². The third-order valence-electron chi connectivity index (χ3n) is 12.0. The van der Waals surface area contributed by atoms with Gasteiger partial charge in [0.25, 0.3) is 0 Å². The van der Waals surface area contributed by atoms with Gasteiger partial charge in [-0.15, -0.1) is 0 Å². The number of aliphatic carboxylic acids is 1. The van der Waals surface area contributed by atoms with Gasteiger partial charge in [-0.05, 0) is 67.4 Å². The van der Waals surface area contributed by atoms with Crippen LogP contribution in [0.25, 0.3) is 0 Å². The topological polar surface area (TPSA) is 85.3 Å². The molecule has 0 amide bonds. The minimum absolute atomic E-state index is 0.0110. The van der Waals surface area contributed by atoms with E-state index in [-0.39, 0.29) is 36.6 Å². The molecule has 1 N–H and O–H groups in total. The van der Waals surface area contributed by atoms with E-state index in [4.69, 9.17) is 25.8 Å². The first-order chi connectivity index (χ1) is 20.0. The molecule has 4 aliphatic carbocycles. The van der Waals surface area contributed by atoms with E-state index in [2.05, 4.69) is 31.7 Å². The Bertz CT molecular complexity index is 1250. The molecule has 42 heavy (non-hydrogen) atoms. The first-order valence-electron chi connectivity index (χ1n) is 15.7. The van der Waals surface area contributed by atoms with E-state index in [0.29, 0.717) is 42.9 Å². The predicted octanol–water partition coefficient (Wildman–Crippen LogP) is 5.84. The molecule has 1 aromatic rings. The van der Waals surface area contributed by atoms with Crippen molar-refractivity contribution in [3.05, 3.63) is 46.5 Å². The fourth-order valence-electron chi connectivity index (χ4n) is 10.3. The van der Waals surface area contributed by atoms with Gasteiger partial charge in [0.2, 0.25) is 0 Å². The summed E-state index contributed by atoms with van der Waals surface area (Å²) in [5.41, 5.74) is -0.894. The van der Waals surface area contributed by atoms with Crippen LogP contribution in [0.1, 0.15) is 58.9 Å². The van der Waals surface area contributed by atoms with Crippen molar-refractivity contribution in [3.63, 3.8) is 0 Å². The Kier molecular flexibility index (Phi) is 7.92. The minimum atomic E-state index is -1.26. The van der Waals surface area contributed by atoms with E-state index in [1.54, 1.807) is 7.11 Å². The third kappa shape index (κ3) is 4.13. The zero-order valence-corrected chi connectivity index (χ0v) is 26.3. The maximum Gasteiger partial charge on any atom is 0.315 e. The van der Waals surface area contributed by atoms with Gasteiger partial charge in [0, 0.05) is 37.2 Å². The second-order valence-corrected chi connectivity index (χ2v) is 14.5. The van der Waals surface area contributed by atoms with E-state index in [1.165, 1.54) is 0 Å². The molecule has 0 spiro atoms. The normalized spacial score (nSPS) is 42.8. The zero-order chi connectivity index (χ0) is 30.0. The molecule has 7 nitrogen and oxygen atoms in total. The molecular weight excluding hydrogens is 554 g/mol. The van der Waals surface area contributed by atoms with Gasteiger partial charge in [-0.3, -0.25) is 9.69 Å². The summed E-state index contributed by atoms with van der Waals surface area (Å²) in [6.45, 7) is 10.5. The molecule has 1 aliphatic heterocycles. The van der Waals surface area contributed by atoms with Gasteiger partial charge in [0.1, 0.15) is 11.7 Å². The second-order valence-electron chi connectivity index (χ2n) is 14.1. The molecule has 0 aromatic heterocycles. The number of hydrogen-bond acceptors (Lipinski definition) is 6. The van der Waals surface area contributed by atoms with Crippen LogP contribution in [-0.2, 0) is 30.3 Å². The van der Waals surface area contributed by atoms with Crippen LogP contribution in [0.5, 0.6) is 0 Å². The third-order valence-corrected chi connectivity index (χ3v) is 12.4. The Balaban J connectivity index is 1.34. The average Bonchev–Trinajstić information content (AvgIpc) is 3.48. The Morgan fingerprint density at radius 1 is 1.21 bits per heavy atom. The summed E-state index contributed by atoms with van der Waals surface area (Å²) >= 11 is 6.52. The van der Waals surface area contributed by atoms with E-state index in [1.807, 2.05) is 31.2 Å². The number of fused-ring (bicyclic) bond motifs is 2. The Hall–Kier alpha value is -1.77. The fraction of sp³-hybridized carbons (Fsp3) is 0.706. The molecule has 1 heterocycles. The van der Waals surface area contributed by atoms with Crippen LogP contribution >= 0.6 is 11.6 Å². The van der Waals surface area contributed by atoms with Gasteiger partial charge in [0.15, 0.2) is 6.29 Å². The number of aldehydes is 1. The van der Waals surface area contributed by atoms with Crippen molar-refractivity contribution in [2.75, 3.05) is 26.8 Å². The highest BCUT2D eigenvalue weighted by Crippen LogP contribution is 2.82. The zero-order valence-electron chi connectivity index (χ0n) is 25.6. The number of methoxy groups -OCH3 is 1. The number of rotatable bonds is 9. The fourth-order valence-corrected chi connectivity index (χ4v) is 10.5. The lowest BCUT2D eigenvalue weighted by Crippen LogP contribution is -2.63. The maximum atomic E-state index is 13.8. The monoisotopic (exact) mass is 599 g/mol. The maximum absolute atomic E-state index is 13.8. The van der Waals surface area contributed by atoms with Crippen molar-refractivity contribution in [3.8, 4) is 0 Å². The van der Waals surface area contributed by atoms with Crippen LogP contribution in [-0.4, -0.2) is 67.6 Å². The molecule has 3 saturated carbocycles. The Morgan fingerprint density at radius 3 is 2.64 bits per heavy atom. The summed E-state index contributed by atoms with van der Waals surface area (Å²) in [5.74, 6) is 0.0455. The number of carbonyl (C=O) groups excluding carboxylic acids is 1. The van der Waals surface area contributed by atoms with Crippen LogP contribution in [0.2, 0.25) is 5.02 Å². The Morgan fingerprint density at radius 2 is 1.98 bits per heavy atom. The van der Waals surface area contributed by atoms with E-state index >= 15 is 0 Å². The number of carboxylic acid groups (broad SMARTS) is 1. The molecular formula is C34H46ClNO6. The van der Waals surface area contributed by atoms with Crippen LogP contribution in [0.3, 0.4) is 0 Å². The number of hydrogen-bond donors (Lipinski definition) is 1. The SMILES string of the molecule is CO[C@H]1CN(Cc2ccccc2Cl)C[C@H](OCC23C[C@@H]4[C@H](C)CC[C@H]4[C@@]4(C=O)CC2C=C(C(C)C)[C@@]34C(=O)O)O[C@@H]1C. The molecule has 230 valence electrons. The van der Waals surface area contributed by atoms with Gasteiger partial charge in [-0.25, -0.2) is 0 Å². The second kappa shape index (κ2) is 11.0. The summed E-state index contributed by atoms with van der Waals surface area (Å²) in [5, 5.41) is 12.0. The quantitative estimate of drug-likeness (QED) is 0.282. The number of halogens is 1. The average molecular weight is 600 g/mol. The summed E-state index contributed by atoms with van der Waals surface area (Å²) in [6, 6.07) is 7.84. The molecule has 8 heteroatoms. The lowest BCUT2D eigenvalue weighted by molar-refractivity contribution is -0.220.